The van der Waals surface area contributed by atoms with E-state index in [-0.39, 0.29) is 29.8 Å². The highest BCUT2D eigenvalue weighted by Crippen LogP contribution is 2.60. The van der Waals surface area contributed by atoms with Crippen molar-refractivity contribution < 1.29 is 28.6 Å². The molecule has 0 spiro atoms. The highest BCUT2D eigenvalue weighted by atomic mass is 16.6. The Morgan fingerprint density at radius 2 is 2.25 bits per heavy atom. The summed E-state index contributed by atoms with van der Waals surface area (Å²) in [4.78, 5) is 34.4. The van der Waals surface area contributed by atoms with Crippen molar-refractivity contribution in [2.45, 2.75) is 31.5 Å². The van der Waals surface area contributed by atoms with Crippen molar-refractivity contribution >= 4 is 17.9 Å². The minimum atomic E-state index is -0.801. The Morgan fingerprint density at radius 3 is 2.95 bits per heavy atom. The number of rotatable bonds is 4. The van der Waals surface area contributed by atoms with Crippen LogP contribution in [-0.2, 0) is 28.6 Å². The Bertz CT molecular complexity index is 498. The quantitative estimate of drug-likeness (QED) is 0.426. The molecule has 1 aliphatic heterocycles. The molecule has 6 nitrogen and oxygen atoms in total. The molecule has 5 atom stereocenters. The van der Waals surface area contributed by atoms with E-state index in [1.165, 1.54) is 0 Å². The van der Waals surface area contributed by atoms with Gasteiger partial charge in [0, 0.05) is 17.9 Å². The van der Waals surface area contributed by atoms with Crippen molar-refractivity contribution in [3.05, 3.63) is 12.7 Å². The van der Waals surface area contributed by atoms with Gasteiger partial charge in [-0.05, 0) is 19.8 Å². The van der Waals surface area contributed by atoms with Gasteiger partial charge in [0.2, 0.25) is 0 Å². The summed E-state index contributed by atoms with van der Waals surface area (Å²) in [7, 11) is 0. The molecule has 2 bridgehead atoms. The first-order chi connectivity index (χ1) is 9.45. The third-order valence-electron chi connectivity index (χ3n) is 4.75. The van der Waals surface area contributed by atoms with Gasteiger partial charge < -0.3 is 14.2 Å². The molecule has 108 valence electrons. The van der Waals surface area contributed by atoms with E-state index in [9.17, 15) is 14.4 Å². The van der Waals surface area contributed by atoms with Gasteiger partial charge in [-0.3, -0.25) is 4.79 Å². The zero-order valence-corrected chi connectivity index (χ0v) is 11.2. The van der Waals surface area contributed by atoms with Crippen molar-refractivity contribution in [2.75, 3.05) is 6.61 Å². The van der Waals surface area contributed by atoms with Crippen molar-refractivity contribution in [3.8, 4) is 0 Å². The second-order valence-electron chi connectivity index (χ2n) is 5.77. The molecule has 0 aromatic heterocycles. The fraction of sp³-hybridized carbons (Fsp3) is 0.643. The molecule has 3 aliphatic rings. The highest BCUT2D eigenvalue weighted by molar-refractivity contribution is 5.84. The Balaban J connectivity index is 1.66. The molecular weight excluding hydrogens is 264 g/mol. The average molecular weight is 280 g/mol. The normalized spacial score (nSPS) is 40.4. The summed E-state index contributed by atoms with van der Waals surface area (Å²) in [5.74, 6) is -1.23. The summed E-state index contributed by atoms with van der Waals surface area (Å²) in [5, 5.41) is 0. The van der Waals surface area contributed by atoms with E-state index in [1.807, 2.05) is 0 Å². The molecule has 1 saturated heterocycles. The lowest BCUT2D eigenvalue weighted by Gasteiger charge is -2.36. The van der Waals surface area contributed by atoms with Gasteiger partial charge in [-0.15, -0.1) is 0 Å². The molecule has 0 aromatic rings. The highest BCUT2D eigenvalue weighted by Gasteiger charge is 2.69. The lowest BCUT2D eigenvalue weighted by atomic mass is 9.80. The maximum atomic E-state index is 11.8. The largest absolute Gasteiger partial charge is 0.458 e. The first-order valence-electron chi connectivity index (χ1n) is 6.67. The standard InChI is InChI=1S/C14H16O6/c1-3-10(15)18-6-11(16)20-14(2)7-4-8-9(5-7)13(17)19-12(8)14/h3,7-9,12H,1,4-6H2,2H3. The zero-order chi connectivity index (χ0) is 14.5. The second-order valence-corrected chi connectivity index (χ2v) is 5.77. The SMILES string of the molecule is C=CC(=O)OCC(=O)OC1(C)C2CC3C(=O)OC1C3C2. The Kier molecular flexibility index (Phi) is 2.84. The van der Waals surface area contributed by atoms with Crippen LogP contribution in [0.25, 0.3) is 0 Å². The minimum Gasteiger partial charge on any atom is -0.458 e. The number of hydrogen-bond acceptors (Lipinski definition) is 6. The topological polar surface area (TPSA) is 78.9 Å². The summed E-state index contributed by atoms with van der Waals surface area (Å²) in [6, 6.07) is 0. The van der Waals surface area contributed by atoms with E-state index in [0.29, 0.717) is 6.42 Å². The molecule has 5 unspecified atom stereocenters. The van der Waals surface area contributed by atoms with Gasteiger partial charge in [0.25, 0.3) is 0 Å². The summed E-state index contributed by atoms with van der Waals surface area (Å²) >= 11 is 0. The molecule has 0 amide bonds. The van der Waals surface area contributed by atoms with Crippen LogP contribution >= 0.6 is 0 Å². The smallest absolute Gasteiger partial charge is 0.344 e. The number of ether oxygens (including phenoxy) is 3. The molecule has 0 radical (unpaired) electrons. The Morgan fingerprint density at radius 1 is 1.50 bits per heavy atom. The molecule has 2 aliphatic carbocycles. The van der Waals surface area contributed by atoms with E-state index < -0.39 is 24.1 Å². The van der Waals surface area contributed by atoms with E-state index >= 15 is 0 Å². The van der Waals surface area contributed by atoms with Crippen LogP contribution in [0.2, 0.25) is 0 Å². The van der Waals surface area contributed by atoms with Gasteiger partial charge in [0.05, 0.1) is 5.92 Å². The van der Waals surface area contributed by atoms with Crippen LogP contribution in [0.3, 0.4) is 0 Å². The predicted molar refractivity (Wildman–Crippen MR) is 65.2 cm³/mol. The van der Waals surface area contributed by atoms with E-state index in [2.05, 4.69) is 11.3 Å². The van der Waals surface area contributed by atoms with Crippen molar-refractivity contribution in [3.63, 3.8) is 0 Å². The van der Waals surface area contributed by atoms with Crippen LogP contribution in [0.5, 0.6) is 0 Å². The number of fused-ring (bicyclic) bond motifs is 1. The van der Waals surface area contributed by atoms with E-state index in [0.717, 1.165) is 12.5 Å². The zero-order valence-electron chi connectivity index (χ0n) is 11.2. The summed E-state index contributed by atoms with van der Waals surface area (Å²) < 4.78 is 15.5. The van der Waals surface area contributed by atoms with Gasteiger partial charge in [0.15, 0.2) is 6.61 Å². The number of hydrogen-bond donors (Lipinski definition) is 0. The molecule has 3 rings (SSSR count). The van der Waals surface area contributed by atoms with Crippen LogP contribution in [0.4, 0.5) is 0 Å². The molecule has 20 heavy (non-hydrogen) atoms. The fourth-order valence-corrected chi connectivity index (χ4v) is 3.82. The van der Waals surface area contributed by atoms with Crippen molar-refractivity contribution in [1.82, 2.24) is 0 Å². The summed E-state index contributed by atoms with van der Waals surface area (Å²) in [6.07, 6.45) is 2.17. The lowest BCUT2D eigenvalue weighted by Crippen LogP contribution is -2.48. The van der Waals surface area contributed by atoms with Gasteiger partial charge in [-0.1, -0.05) is 6.58 Å². The first kappa shape index (κ1) is 13.1. The monoisotopic (exact) mass is 280 g/mol. The third kappa shape index (κ3) is 1.74. The van der Waals surface area contributed by atoms with Crippen LogP contribution < -0.4 is 0 Å². The predicted octanol–water partition coefficient (Wildman–Crippen LogP) is 0.599. The van der Waals surface area contributed by atoms with Gasteiger partial charge in [-0.25, -0.2) is 9.59 Å². The van der Waals surface area contributed by atoms with Crippen LogP contribution in [0.1, 0.15) is 19.8 Å². The summed E-state index contributed by atoms with van der Waals surface area (Å²) in [5.41, 5.74) is -0.801. The van der Waals surface area contributed by atoms with Gasteiger partial charge >= 0.3 is 17.9 Å². The molecule has 2 saturated carbocycles. The van der Waals surface area contributed by atoms with E-state index in [1.54, 1.807) is 6.92 Å². The lowest BCUT2D eigenvalue weighted by molar-refractivity contribution is -0.184. The van der Waals surface area contributed by atoms with Crippen LogP contribution in [0, 0.1) is 17.8 Å². The van der Waals surface area contributed by atoms with E-state index in [4.69, 9.17) is 9.47 Å². The van der Waals surface area contributed by atoms with Crippen molar-refractivity contribution in [2.24, 2.45) is 17.8 Å². The molecule has 0 N–H and O–H groups in total. The Labute approximate surface area is 116 Å². The molecule has 3 fully saturated rings. The number of carbonyl (C=O) groups excluding carboxylic acids is 3. The van der Waals surface area contributed by atoms with Gasteiger partial charge in [0.1, 0.15) is 11.7 Å². The van der Waals surface area contributed by atoms with Crippen LogP contribution in [-0.4, -0.2) is 36.2 Å². The minimum absolute atomic E-state index is 0.0321. The number of carbonyl (C=O) groups is 3. The van der Waals surface area contributed by atoms with Crippen LogP contribution in [0.15, 0.2) is 12.7 Å². The first-order valence-corrected chi connectivity index (χ1v) is 6.67. The number of esters is 3. The maximum absolute atomic E-state index is 11.8. The summed E-state index contributed by atoms with van der Waals surface area (Å²) in [6.45, 7) is 4.58. The molecule has 0 aromatic carbocycles. The molecule has 6 heteroatoms. The Hall–Kier alpha value is -1.85. The molecular formula is C14H16O6. The second kappa shape index (κ2) is 4.33. The fourth-order valence-electron chi connectivity index (χ4n) is 3.82. The van der Waals surface area contributed by atoms with Gasteiger partial charge in [-0.2, -0.15) is 0 Å². The third-order valence-corrected chi connectivity index (χ3v) is 4.75. The maximum Gasteiger partial charge on any atom is 0.344 e. The molecule has 1 heterocycles. The average Bonchev–Trinajstić information content (AvgIpc) is 3.01. The van der Waals surface area contributed by atoms with Crippen molar-refractivity contribution in [1.29, 1.82) is 0 Å².